The Labute approximate surface area is 159 Å². The number of para-hydroxylation sites is 1. The van der Waals surface area contributed by atoms with Crippen molar-refractivity contribution >= 4 is 29.3 Å². The van der Waals surface area contributed by atoms with E-state index < -0.39 is 5.97 Å². The summed E-state index contributed by atoms with van der Waals surface area (Å²) in [5.41, 5.74) is 4.08. The fraction of sp³-hybridized carbons (Fsp3) is 0.333. The van der Waals surface area contributed by atoms with Crippen LogP contribution in [0.1, 0.15) is 36.5 Å². The van der Waals surface area contributed by atoms with Gasteiger partial charge in [0.15, 0.2) is 6.61 Å². The van der Waals surface area contributed by atoms with Gasteiger partial charge in [0.05, 0.1) is 5.75 Å². The zero-order valence-electron chi connectivity index (χ0n) is 15.7. The van der Waals surface area contributed by atoms with E-state index in [1.807, 2.05) is 56.3 Å². The Morgan fingerprint density at radius 1 is 1.12 bits per heavy atom. The van der Waals surface area contributed by atoms with Crippen LogP contribution in [-0.2, 0) is 14.3 Å². The highest BCUT2D eigenvalue weighted by atomic mass is 32.2. The fourth-order valence-electron chi connectivity index (χ4n) is 2.49. The van der Waals surface area contributed by atoms with Crippen LogP contribution in [0.2, 0.25) is 0 Å². The van der Waals surface area contributed by atoms with Crippen molar-refractivity contribution in [3.05, 3.63) is 59.2 Å². The Hall–Kier alpha value is -2.27. The van der Waals surface area contributed by atoms with Crippen LogP contribution in [0.4, 0.5) is 5.69 Å². The quantitative estimate of drug-likeness (QED) is 0.566. The van der Waals surface area contributed by atoms with E-state index in [9.17, 15) is 9.59 Å². The van der Waals surface area contributed by atoms with E-state index in [0.29, 0.717) is 5.92 Å². The van der Waals surface area contributed by atoms with Gasteiger partial charge >= 0.3 is 5.97 Å². The van der Waals surface area contributed by atoms with Crippen LogP contribution in [0.15, 0.2) is 47.4 Å². The van der Waals surface area contributed by atoms with Gasteiger partial charge in [-0.15, -0.1) is 11.8 Å². The third kappa shape index (κ3) is 5.92. The van der Waals surface area contributed by atoms with Crippen LogP contribution in [0, 0.1) is 13.8 Å². The lowest BCUT2D eigenvalue weighted by atomic mass is 10.0. The molecule has 1 N–H and O–H groups in total. The third-order valence-electron chi connectivity index (χ3n) is 3.91. The van der Waals surface area contributed by atoms with Crippen molar-refractivity contribution in [1.29, 1.82) is 0 Å². The van der Waals surface area contributed by atoms with Gasteiger partial charge in [-0.3, -0.25) is 9.59 Å². The third-order valence-corrected chi connectivity index (χ3v) is 5.04. The molecule has 1 amide bonds. The van der Waals surface area contributed by atoms with Crippen molar-refractivity contribution in [3.63, 3.8) is 0 Å². The number of hydrogen-bond donors (Lipinski definition) is 1. The van der Waals surface area contributed by atoms with E-state index in [1.165, 1.54) is 11.8 Å². The Kier molecular flexibility index (Phi) is 7.27. The number of carbonyl (C=O) groups is 2. The molecule has 0 radical (unpaired) electrons. The lowest BCUT2D eigenvalue weighted by Gasteiger charge is -2.13. The number of ether oxygens (including phenoxy) is 1. The van der Waals surface area contributed by atoms with Crippen LogP contribution in [-0.4, -0.2) is 24.2 Å². The number of amides is 1. The predicted molar refractivity (Wildman–Crippen MR) is 107 cm³/mol. The number of anilines is 1. The molecule has 2 aromatic carbocycles. The Morgan fingerprint density at radius 2 is 1.85 bits per heavy atom. The smallest absolute Gasteiger partial charge is 0.316 e. The average Bonchev–Trinajstić information content (AvgIpc) is 2.61. The molecule has 0 unspecified atom stereocenters. The average molecular weight is 372 g/mol. The minimum Gasteiger partial charge on any atom is -0.455 e. The van der Waals surface area contributed by atoms with Crippen molar-refractivity contribution in [1.82, 2.24) is 0 Å². The van der Waals surface area contributed by atoms with Gasteiger partial charge in [0.1, 0.15) is 0 Å². The highest BCUT2D eigenvalue weighted by Crippen LogP contribution is 2.24. The molecule has 0 aliphatic heterocycles. The standard InChI is InChI=1S/C21H25NO3S/c1-14(2)17-7-5-6-8-18(17)22-20(23)12-25-21(24)13-26-19-11-15(3)9-10-16(19)4/h5-11,14H,12-13H2,1-4H3,(H,22,23). The van der Waals surface area contributed by atoms with Crippen molar-refractivity contribution in [2.45, 2.75) is 38.5 Å². The molecule has 2 rings (SSSR count). The lowest BCUT2D eigenvalue weighted by Crippen LogP contribution is -2.22. The largest absolute Gasteiger partial charge is 0.455 e. The Balaban J connectivity index is 1.82. The molecule has 0 saturated heterocycles. The maximum atomic E-state index is 12.1. The molecule has 0 aliphatic carbocycles. The molecule has 2 aromatic rings. The topological polar surface area (TPSA) is 55.4 Å². The molecule has 0 bridgehead atoms. The van der Waals surface area contributed by atoms with E-state index in [1.54, 1.807) is 0 Å². The second kappa shape index (κ2) is 9.43. The van der Waals surface area contributed by atoms with Gasteiger partial charge in [-0.05, 0) is 43.0 Å². The molecule has 0 spiro atoms. The number of rotatable bonds is 7. The van der Waals surface area contributed by atoms with Gasteiger partial charge in [-0.1, -0.05) is 49.7 Å². The van der Waals surface area contributed by atoms with Crippen LogP contribution in [0.25, 0.3) is 0 Å². The first-order chi connectivity index (χ1) is 12.4. The van der Waals surface area contributed by atoms with E-state index in [2.05, 4.69) is 19.2 Å². The summed E-state index contributed by atoms with van der Waals surface area (Å²) in [5.74, 6) is -0.255. The molecule has 0 heterocycles. The highest BCUT2D eigenvalue weighted by molar-refractivity contribution is 8.00. The highest BCUT2D eigenvalue weighted by Gasteiger charge is 2.12. The number of nitrogens with one attached hydrogen (secondary N) is 1. The van der Waals surface area contributed by atoms with Gasteiger partial charge in [0, 0.05) is 10.6 Å². The van der Waals surface area contributed by atoms with E-state index in [4.69, 9.17) is 4.74 Å². The number of thioether (sulfide) groups is 1. The number of hydrogen-bond acceptors (Lipinski definition) is 4. The second-order valence-electron chi connectivity index (χ2n) is 6.51. The normalized spacial score (nSPS) is 10.7. The summed E-state index contributed by atoms with van der Waals surface area (Å²) in [5, 5.41) is 2.81. The fourth-order valence-corrected chi connectivity index (χ4v) is 3.41. The maximum Gasteiger partial charge on any atom is 0.316 e. The molecule has 0 atom stereocenters. The molecule has 0 aromatic heterocycles. The lowest BCUT2D eigenvalue weighted by molar-refractivity contribution is -0.144. The first kappa shape index (κ1) is 20.0. The molecular weight excluding hydrogens is 346 g/mol. The second-order valence-corrected chi connectivity index (χ2v) is 7.53. The van der Waals surface area contributed by atoms with Gasteiger partial charge < -0.3 is 10.1 Å². The first-order valence-corrected chi connectivity index (χ1v) is 9.60. The SMILES string of the molecule is Cc1ccc(C)c(SCC(=O)OCC(=O)Nc2ccccc2C(C)C)c1. The Morgan fingerprint density at radius 3 is 2.58 bits per heavy atom. The molecule has 26 heavy (non-hydrogen) atoms. The molecule has 0 aliphatic rings. The molecule has 0 fully saturated rings. The summed E-state index contributed by atoms with van der Waals surface area (Å²) >= 11 is 1.43. The van der Waals surface area contributed by atoms with Gasteiger partial charge in [0.25, 0.3) is 5.91 Å². The molecular formula is C21H25NO3S. The number of esters is 1. The van der Waals surface area contributed by atoms with Gasteiger partial charge in [-0.2, -0.15) is 0 Å². The van der Waals surface area contributed by atoms with Crippen molar-refractivity contribution in [2.24, 2.45) is 0 Å². The van der Waals surface area contributed by atoms with Crippen LogP contribution in [0.3, 0.4) is 0 Å². The molecule has 138 valence electrons. The molecule has 0 saturated carbocycles. The number of aryl methyl sites for hydroxylation is 2. The van der Waals surface area contributed by atoms with Crippen LogP contribution in [0.5, 0.6) is 0 Å². The summed E-state index contributed by atoms with van der Waals surface area (Å²) in [6, 6.07) is 13.8. The van der Waals surface area contributed by atoms with Gasteiger partial charge in [0.2, 0.25) is 0 Å². The van der Waals surface area contributed by atoms with Crippen LogP contribution >= 0.6 is 11.8 Å². The minimum atomic E-state index is -0.400. The maximum absolute atomic E-state index is 12.1. The predicted octanol–water partition coefficient (Wildman–Crippen LogP) is 4.70. The zero-order chi connectivity index (χ0) is 19.1. The monoisotopic (exact) mass is 371 g/mol. The number of carbonyl (C=O) groups excluding carboxylic acids is 2. The Bertz CT molecular complexity index is 787. The van der Waals surface area contributed by atoms with E-state index in [-0.39, 0.29) is 18.3 Å². The summed E-state index contributed by atoms with van der Waals surface area (Å²) in [6.45, 7) is 7.87. The van der Waals surface area contributed by atoms with E-state index in [0.717, 1.165) is 27.3 Å². The van der Waals surface area contributed by atoms with Crippen LogP contribution < -0.4 is 5.32 Å². The number of benzene rings is 2. The van der Waals surface area contributed by atoms with Crippen molar-refractivity contribution < 1.29 is 14.3 Å². The van der Waals surface area contributed by atoms with Crippen molar-refractivity contribution in [3.8, 4) is 0 Å². The summed E-state index contributed by atoms with van der Waals surface area (Å²) < 4.78 is 5.10. The summed E-state index contributed by atoms with van der Waals surface area (Å²) in [4.78, 5) is 25.0. The summed E-state index contributed by atoms with van der Waals surface area (Å²) in [7, 11) is 0. The summed E-state index contributed by atoms with van der Waals surface area (Å²) in [6.07, 6.45) is 0. The minimum absolute atomic E-state index is 0.181. The molecule has 5 heteroatoms. The molecule has 4 nitrogen and oxygen atoms in total. The first-order valence-electron chi connectivity index (χ1n) is 8.61. The van der Waals surface area contributed by atoms with Crippen molar-refractivity contribution in [2.75, 3.05) is 17.7 Å². The zero-order valence-corrected chi connectivity index (χ0v) is 16.5. The van der Waals surface area contributed by atoms with E-state index >= 15 is 0 Å². The van der Waals surface area contributed by atoms with Gasteiger partial charge in [-0.25, -0.2) is 0 Å².